The number of likely N-dealkylation sites (tertiary alicyclic amines) is 2. The molecule has 0 radical (unpaired) electrons. The largest absolute Gasteiger partial charge is 0.352 e. The lowest BCUT2D eigenvalue weighted by molar-refractivity contribution is -0.142. The molecule has 2 saturated heterocycles. The highest BCUT2D eigenvalue weighted by atomic mass is 16.2. The number of pyridine rings is 1. The average Bonchev–Trinajstić information content (AvgIpc) is 3.42. The molecule has 2 fully saturated rings. The number of fused-ring (bicyclic) bond motifs is 1. The van der Waals surface area contributed by atoms with Gasteiger partial charge < -0.3 is 20.1 Å². The fourth-order valence-corrected chi connectivity index (χ4v) is 4.18. The zero-order valence-electron chi connectivity index (χ0n) is 16.0. The predicted octanol–water partition coefficient (Wildman–Crippen LogP) is 1.01. The quantitative estimate of drug-likeness (QED) is 0.753. The summed E-state index contributed by atoms with van der Waals surface area (Å²) >= 11 is 0. The Morgan fingerprint density at radius 1 is 1.29 bits per heavy atom. The van der Waals surface area contributed by atoms with Crippen molar-refractivity contribution in [3.05, 3.63) is 30.1 Å². The topological polar surface area (TPSA) is 98.4 Å². The van der Waals surface area contributed by atoms with Gasteiger partial charge in [-0.3, -0.25) is 14.4 Å². The molecular formula is C20H25N5O3. The third-order valence-corrected chi connectivity index (χ3v) is 5.87. The van der Waals surface area contributed by atoms with E-state index in [2.05, 4.69) is 15.3 Å². The molecule has 0 aliphatic carbocycles. The van der Waals surface area contributed by atoms with Crippen molar-refractivity contribution in [3.63, 3.8) is 0 Å². The second kappa shape index (κ2) is 7.61. The first-order valence-electron chi connectivity index (χ1n) is 9.78. The van der Waals surface area contributed by atoms with Crippen LogP contribution in [0.5, 0.6) is 0 Å². The standard InChI is InChI=1S/C20H25N5O3/c1-24-10-6-16(19(24)27)20(28)25-11-5-13(12-25)2-7-23-18(26)15-4-9-22-17-14(15)3-8-21-17/h3-4,8-9,13,16H,2,5-7,10-12H2,1H3,(H,21,22)(H,23,26). The monoisotopic (exact) mass is 383 g/mol. The molecule has 28 heavy (non-hydrogen) atoms. The zero-order valence-corrected chi connectivity index (χ0v) is 16.0. The average molecular weight is 383 g/mol. The fourth-order valence-electron chi connectivity index (χ4n) is 4.18. The van der Waals surface area contributed by atoms with E-state index in [1.165, 1.54) is 0 Å². The van der Waals surface area contributed by atoms with Gasteiger partial charge in [-0.2, -0.15) is 0 Å². The Bertz CT molecular complexity index is 908. The number of hydrogen-bond donors (Lipinski definition) is 2. The van der Waals surface area contributed by atoms with Gasteiger partial charge in [-0.15, -0.1) is 0 Å². The van der Waals surface area contributed by atoms with Gasteiger partial charge in [0, 0.05) is 51.0 Å². The van der Waals surface area contributed by atoms with Crippen LogP contribution in [0.3, 0.4) is 0 Å². The number of aromatic amines is 1. The maximum absolute atomic E-state index is 12.6. The van der Waals surface area contributed by atoms with Gasteiger partial charge in [0.25, 0.3) is 5.91 Å². The maximum Gasteiger partial charge on any atom is 0.252 e. The van der Waals surface area contributed by atoms with Crippen LogP contribution in [0.25, 0.3) is 11.0 Å². The zero-order chi connectivity index (χ0) is 19.7. The lowest BCUT2D eigenvalue weighted by Gasteiger charge is -2.20. The molecule has 4 heterocycles. The molecule has 2 unspecified atom stereocenters. The van der Waals surface area contributed by atoms with Gasteiger partial charge in [0.2, 0.25) is 11.8 Å². The minimum atomic E-state index is -0.501. The van der Waals surface area contributed by atoms with E-state index in [0.717, 1.165) is 18.2 Å². The molecular weight excluding hydrogens is 358 g/mol. The van der Waals surface area contributed by atoms with Crippen LogP contribution >= 0.6 is 0 Å². The van der Waals surface area contributed by atoms with E-state index in [9.17, 15) is 14.4 Å². The van der Waals surface area contributed by atoms with Crippen molar-refractivity contribution in [1.29, 1.82) is 0 Å². The van der Waals surface area contributed by atoms with E-state index in [1.54, 1.807) is 30.4 Å². The second-order valence-corrected chi connectivity index (χ2v) is 7.68. The van der Waals surface area contributed by atoms with Crippen LogP contribution < -0.4 is 5.32 Å². The van der Waals surface area contributed by atoms with Crippen LogP contribution in [0.4, 0.5) is 0 Å². The Balaban J connectivity index is 1.26. The lowest BCUT2D eigenvalue weighted by Crippen LogP contribution is -2.38. The van der Waals surface area contributed by atoms with Crippen molar-refractivity contribution in [1.82, 2.24) is 25.1 Å². The summed E-state index contributed by atoms with van der Waals surface area (Å²) in [5, 5.41) is 3.78. The summed E-state index contributed by atoms with van der Waals surface area (Å²) < 4.78 is 0. The van der Waals surface area contributed by atoms with Crippen molar-refractivity contribution in [2.45, 2.75) is 19.3 Å². The normalized spacial score (nSPS) is 22.2. The summed E-state index contributed by atoms with van der Waals surface area (Å²) in [7, 11) is 1.75. The summed E-state index contributed by atoms with van der Waals surface area (Å²) in [5.41, 5.74) is 1.31. The minimum Gasteiger partial charge on any atom is -0.352 e. The van der Waals surface area contributed by atoms with E-state index in [0.29, 0.717) is 49.7 Å². The molecule has 4 rings (SSSR count). The third-order valence-electron chi connectivity index (χ3n) is 5.87. The Kier molecular flexibility index (Phi) is 5.02. The first kappa shape index (κ1) is 18.5. The first-order chi connectivity index (χ1) is 13.5. The molecule has 2 atom stereocenters. The van der Waals surface area contributed by atoms with Gasteiger partial charge in [0.05, 0.1) is 5.56 Å². The highest BCUT2D eigenvalue weighted by Gasteiger charge is 2.39. The van der Waals surface area contributed by atoms with Crippen molar-refractivity contribution < 1.29 is 14.4 Å². The van der Waals surface area contributed by atoms with Gasteiger partial charge in [-0.05, 0) is 37.3 Å². The van der Waals surface area contributed by atoms with Gasteiger partial charge in [-0.25, -0.2) is 4.98 Å². The van der Waals surface area contributed by atoms with Crippen LogP contribution in [-0.4, -0.2) is 70.7 Å². The Morgan fingerprint density at radius 2 is 2.14 bits per heavy atom. The molecule has 2 N–H and O–H groups in total. The minimum absolute atomic E-state index is 0.0347. The molecule has 148 valence electrons. The number of carbonyl (C=O) groups is 3. The fraction of sp³-hybridized carbons (Fsp3) is 0.500. The molecule has 3 amide bonds. The number of rotatable bonds is 5. The van der Waals surface area contributed by atoms with E-state index in [1.807, 2.05) is 11.0 Å². The molecule has 2 aliphatic heterocycles. The first-order valence-corrected chi connectivity index (χ1v) is 9.78. The number of hydrogen-bond acceptors (Lipinski definition) is 4. The highest BCUT2D eigenvalue weighted by molar-refractivity contribution is 6.05. The Morgan fingerprint density at radius 3 is 2.93 bits per heavy atom. The molecule has 0 aromatic carbocycles. The Hall–Kier alpha value is -2.90. The van der Waals surface area contributed by atoms with Gasteiger partial charge >= 0.3 is 0 Å². The number of aromatic nitrogens is 2. The van der Waals surface area contributed by atoms with Crippen molar-refractivity contribution in [2.24, 2.45) is 11.8 Å². The molecule has 2 aliphatic rings. The summed E-state index contributed by atoms with van der Waals surface area (Å²) in [4.78, 5) is 47.8. The number of nitrogens with zero attached hydrogens (tertiary/aromatic N) is 3. The van der Waals surface area contributed by atoms with Crippen LogP contribution in [-0.2, 0) is 9.59 Å². The van der Waals surface area contributed by atoms with Crippen LogP contribution in [0.1, 0.15) is 29.6 Å². The van der Waals surface area contributed by atoms with Crippen molar-refractivity contribution >= 4 is 28.8 Å². The van der Waals surface area contributed by atoms with E-state index in [4.69, 9.17) is 0 Å². The smallest absolute Gasteiger partial charge is 0.252 e. The third kappa shape index (κ3) is 3.46. The van der Waals surface area contributed by atoms with Gasteiger partial charge in [-0.1, -0.05) is 0 Å². The molecule has 2 aromatic heterocycles. The number of H-pyrrole nitrogens is 1. The summed E-state index contributed by atoms with van der Waals surface area (Å²) in [5.74, 6) is -0.360. The molecule has 8 nitrogen and oxygen atoms in total. The van der Waals surface area contributed by atoms with Crippen molar-refractivity contribution in [2.75, 3.05) is 33.2 Å². The number of nitrogens with one attached hydrogen (secondary N) is 2. The number of carbonyl (C=O) groups excluding carboxylic acids is 3. The maximum atomic E-state index is 12.6. The second-order valence-electron chi connectivity index (χ2n) is 7.68. The van der Waals surface area contributed by atoms with Crippen LogP contribution in [0.15, 0.2) is 24.5 Å². The predicted molar refractivity (Wildman–Crippen MR) is 103 cm³/mol. The van der Waals surface area contributed by atoms with Gasteiger partial charge in [0.15, 0.2) is 0 Å². The van der Waals surface area contributed by atoms with Crippen molar-refractivity contribution in [3.8, 4) is 0 Å². The molecule has 2 aromatic rings. The molecule has 8 heteroatoms. The summed E-state index contributed by atoms with van der Waals surface area (Å²) in [6.45, 7) is 2.58. The van der Waals surface area contributed by atoms with Gasteiger partial charge in [0.1, 0.15) is 11.6 Å². The summed E-state index contributed by atoms with van der Waals surface area (Å²) in [6.07, 6.45) is 5.73. The van der Waals surface area contributed by atoms with E-state index >= 15 is 0 Å². The van der Waals surface area contributed by atoms with Crippen LogP contribution in [0.2, 0.25) is 0 Å². The SMILES string of the molecule is CN1CCC(C(=O)N2CCC(CCNC(=O)c3ccnc4[nH]ccc34)C2)C1=O. The Labute approximate surface area is 163 Å². The van der Waals surface area contributed by atoms with E-state index in [-0.39, 0.29) is 17.7 Å². The highest BCUT2D eigenvalue weighted by Crippen LogP contribution is 2.25. The molecule has 0 saturated carbocycles. The number of amides is 3. The molecule has 0 spiro atoms. The van der Waals surface area contributed by atoms with Crippen LogP contribution in [0, 0.1) is 11.8 Å². The lowest BCUT2D eigenvalue weighted by atomic mass is 10.0. The molecule has 0 bridgehead atoms. The summed E-state index contributed by atoms with van der Waals surface area (Å²) in [6, 6.07) is 3.57. The van der Waals surface area contributed by atoms with E-state index < -0.39 is 5.92 Å².